The molecule has 134 valence electrons. The summed E-state index contributed by atoms with van der Waals surface area (Å²) >= 11 is 0. The Bertz CT molecular complexity index is 921. The van der Waals surface area contributed by atoms with Crippen molar-refractivity contribution in [2.45, 2.75) is 26.4 Å². The van der Waals surface area contributed by atoms with E-state index in [1.54, 1.807) is 22.9 Å². The maximum Gasteiger partial charge on any atom is 0.338 e. The van der Waals surface area contributed by atoms with Crippen LogP contribution in [0.4, 0.5) is 0 Å². The van der Waals surface area contributed by atoms with E-state index in [0.717, 1.165) is 11.1 Å². The molecule has 7 heteroatoms. The second-order valence-electron chi connectivity index (χ2n) is 5.88. The summed E-state index contributed by atoms with van der Waals surface area (Å²) in [5, 5.41) is 10.8. The zero-order valence-corrected chi connectivity index (χ0v) is 14.7. The minimum atomic E-state index is -0.569. The van der Waals surface area contributed by atoms with Crippen molar-refractivity contribution in [1.29, 1.82) is 0 Å². The van der Waals surface area contributed by atoms with Crippen molar-refractivity contribution < 1.29 is 14.3 Å². The van der Waals surface area contributed by atoms with Crippen LogP contribution < -0.4 is 5.32 Å². The van der Waals surface area contributed by atoms with E-state index in [0.29, 0.717) is 17.6 Å². The van der Waals surface area contributed by atoms with Crippen molar-refractivity contribution in [3.63, 3.8) is 0 Å². The fourth-order valence-corrected chi connectivity index (χ4v) is 2.66. The number of esters is 1. The highest BCUT2D eigenvalue weighted by Crippen LogP contribution is 2.14. The molecule has 0 radical (unpaired) electrons. The molecule has 1 aromatic heterocycles. The van der Waals surface area contributed by atoms with Gasteiger partial charge in [-0.1, -0.05) is 35.5 Å². The van der Waals surface area contributed by atoms with E-state index in [4.69, 9.17) is 4.74 Å². The fraction of sp³-hybridized carbons (Fsp3) is 0.263. The van der Waals surface area contributed by atoms with Crippen molar-refractivity contribution in [2.75, 3.05) is 6.61 Å². The average Bonchev–Trinajstić information content (AvgIpc) is 3.09. The van der Waals surface area contributed by atoms with Crippen LogP contribution in [0.5, 0.6) is 0 Å². The van der Waals surface area contributed by atoms with Crippen LogP contribution in [0.1, 0.15) is 35.8 Å². The Hall–Kier alpha value is -3.22. The first-order valence-corrected chi connectivity index (χ1v) is 8.43. The molecular formula is C19H20N4O3. The molecule has 0 saturated heterocycles. The first kappa shape index (κ1) is 17.6. The maximum absolute atomic E-state index is 12.2. The topological polar surface area (TPSA) is 86.1 Å². The Labute approximate surface area is 151 Å². The lowest BCUT2D eigenvalue weighted by atomic mass is 10.1. The third kappa shape index (κ3) is 3.88. The molecule has 3 aromatic rings. The van der Waals surface area contributed by atoms with Gasteiger partial charge in [0.25, 0.3) is 5.91 Å². The number of carbonyl (C=O) groups is 2. The number of benzene rings is 2. The number of hydrogen-bond donors (Lipinski definition) is 1. The third-order valence-corrected chi connectivity index (χ3v) is 4.06. The fourth-order valence-electron chi connectivity index (χ4n) is 2.66. The Kier molecular flexibility index (Phi) is 5.26. The summed E-state index contributed by atoms with van der Waals surface area (Å²) in [6.45, 7) is 4.20. The number of nitrogens with one attached hydrogen (secondary N) is 1. The highest BCUT2D eigenvalue weighted by atomic mass is 16.5. The van der Waals surface area contributed by atoms with Crippen molar-refractivity contribution >= 4 is 22.9 Å². The van der Waals surface area contributed by atoms with Gasteiger partial charge < -0.3 is 10.1 Å². The van der Waals surface area contributed by atoms with Gasteiger partial charge in [0.1, 0.15) is 5.52 Å². The summed E-state index contributed by atoms with van der Waals surface area (Å²) in [4.78, 5) is 24.2. The molecule has 3 rings (SSSR count). The van der Waals surface area contributed by atoms with E-state index in [9.17, 15) is 9.59 Å². The van der Waals surface area contributed by atoms with Gasteiger partial charge in [0.05, 0.1) is 17.1 Å². The molecule has 0 aliphatic carbocycles. The predicted molar refractivity (Wildman–Crippen MR) is 96.5 cm³/mol. The number of carbonyl (C=O) groups excluding carboxylic acids is 2. The highest BCUT2D eigenvalue weighted by molar-refractivity contribution is 5.94. The van der Waals surface area contributed by atoms with Crippen LogP contribution >= 0.6 is 0 Å². The zero-order valence-electron chi connectivity index (χ0n) is 14.7. The van der Waals surface area contributed by atoms with E-state index in [2.05, 4.69) is 15.6 Å². The predicted octanol–water partition coefficient (Wildman–Crippen LogP) is 2.49. The van der Waals surface area contributed by atoms with Gasteiger partial charge in [0, 0.05) is 6.54 Å². The van der Waals surface area contributed by atoms with Crippen molar-refractivity contribution in [3.05, 3.63) is 59.7 Å². The first-order chi connectivity index (χ1) is 12.6. The number of rotatable bonds is 6. The van der Waals surface area contributed by atoms with E-state index >= 15 is 0 Å². The SMILES string of the molecule is CCn1nnc2cc(C(=O)OCC(=O)N[C@@H](C)c3ccccc3)ccc21. The van der Waals surface area contributed by atoms with Gasteiger partial charge >= 0.3 is 5.97 Å². The molecule has 0 spiro atoms. The van der Waals surface area contributed by atoms with Gasteiger partial charge in [-0.25, -0.2) is 9.48 Å². The Morgan fingerprint density at radius 2 is 1.96 bits per heavy atom. The van der Waals surface area contributed by atoms with Crippen molar-refractivity contribution in [3.8, 4) is 0 Å². The number of aromatic nitrogens is 3. The lowest BCUT2D eigenvalue weighted by Crippen LogP contribution is -2.31. The molecule has 0 unspecified atom stereocenters. The molecule has 1 heterocycles. The number of aryl methyl sites for hydroxylation is 1. The summed E-state index contributed by atoms with van der Waals surface area (Å²) in [5.74, 6) is -0.923. The quantitative estimate of drug-likeness (QED) is 0.689. The number of nitrogens with zero attached hydrogens (tertiary/aromatic N) is 3. The van der Waals surface area contributed by atoms with Gasteiger partial charge in [-0.2, -0.15) is 0 Å². The molecule has 26 heavy (non-hydrogen) atoms. The second-order valence-corrected chi connectivity index (χ2v) is 5.88. The smallest absolute Gasteiger partial charge is 0.338 e. The number of ether oxygens (including phenoxy) is 1. The van der Waals surface area contributed by atoms with Crippen LogP contribution in [0.3, 0.4) is 0 Å². The summed E-state index contributed by atoms with van der Waals surface area (Å²) < 4.78 is 6.84. The Balaban J connectivity index is 1.57. The molecule has 7 nitrogen and oxygen atoms in total. The van der Waals surface area contributed by atoms with Gasteiger partial charge in [-0.05, 0) is 37.6 Å². The molecule has 0 fully saturated rings. The summed E-state index contributed by atoms with van der Waals surface area (Å²) in [6.07, 6.45) is 0. The molecule has 0 aliphatic heterocycles. The van der Waals surface area contributed by atoms with Gasteiger partial charge in [-0.3, -0.25) is 4.79 Å². The minimum Gasteiger partial charge on any atom is -0.452 e. The molecular weight excluding hydrogens is 332 g/mol. The molecule has 0 aliphatic rings. The summed E-state index contributed by atoms with van der Waals surface area (Å²) in [7, 11) is 0. The van der Waals surface area contributed by atoms with Gasteiger partial charge in [0.15, 0.2) is 6.61 Å². The van der Waals surface area contributed by atoms with Crippen LogP contribution in [-0.4, -0.2) is 33.5 Å². The molecule has 0 saturated carbocycles. The maximum atomic E-state index is 12.2. The monoisotopic (exact) mass is 352 g/mol. The zero-order chi connectivity index (χ0) is 18.5. The van der Waals surface area contributed by atoms with Crippen LogP contribution in [0.15, 0.2) is 48.5 Å². The van der Waals surface area contributed by atoms with Crippen LogP contribution in [0.25, 0.3) is 11.0 Å². The lowest BCUT2D eigenvalue weighted by Gasteiger charge is -2.14. The third-order valence-electron chi connectivity index (χ3n) is 4.06. The lowest BCUT2D eigenvalue weighted by molar-refractivity contribution is -0.124. The Morgan fingerprint density at radius 3 is 2.69 bits per heavy atom. The standard InChI is InChI=1S/C19H20N4O3/c1-3-23-17-10-9-15(11-16(17)21-22-23)19(25)26-12-18(24)20-13(2)14-7-5-4-6-8-14/h4-11,13H,3,12H2,1-2H3,(H,20,24)/t13-/m0/s1. The summed E-state index contributed by atoms with van der Waals surface area (Å²) in [5.41, 5.74) is 2.78. The van der Waals surface area contributed by atoms with Gasteiger partial charge in [0.2, 0.25) is 0 Å². The van der Waals surface area contributed by atoms with E-state index in [1.165, 1.54) is 0 Å². The number of fused-ring (bicyclic) bond motifs is 1. The molecule has 0 bridgehead atoms. The highest BCUT2D eigenvalue weighted by Gasteiger charge is 2.14. The average molecular weight is 352 g/mol. The minimum absolute atomic E-state index is 0.164. The largest absolute Gasteiger partial charge is 0.452 e. The second kappa shape index (κ2) is 7.77. The first-order valence-electron chi connectivity index (χ1n) is 8.43. The number of hydrogen-bond acceptors (Lipinski definition) is 5. The van der Waals surface area contributed by atoms with E-state index in [-0.39, 0.29) is 18.6 Å². The van der Waals surface area contributed by atoms with E-state index in [1.807, 2.05) is 44.2 Å². The van der Waals surface area contributed by atoms with Crippen LogP contribution in [0.2, 0.25) is 0 Å². The van der Waals surface area contributed by atoms with Gasteiger partial charge in [-0.15, -0.1) is 5.10 Å². The van der Waals surface area contributed by atoms with Crippen molar-refractivity contribution in [1.82, 2.24) is 20.3 Å². The van der Waals surface area contributed by atoms with Crippen LogP contribution in [-0.2, 0) is 16.1 Å². The Morgan fingerprint density at radius 1 is 1.19 bits per heavy atom. The van der Waals surface area contributed by atoms with E-state index < -0.39 is 5.97 Å². The summed E-state index contributed by atoms with van der Waals surface area (Å²) in [6, 6.07) is 14.4. The normalized spacial score (nSPS) is 11.9. The molecule has 1 amide bonds. The van der Waals surface area contributed by atoms with Crippen LogP contribution in [0, 0.1) is 0 Å². The molecule has 1 atom stereocenters. The molecule has 2 aromatic carbocycles. The molecule has 1 N–H and O–H groups in total. The number of amides is 1. The van der Waals surface area contributed by atoms with Crippen molar-refractivity contribution in [2.24, 2.45) is 0 Å².